The first kappa shape index (κ1) is 47.9. The van der Waals surface area contributed by atoms with Crippen LogP contribution in [0.5, 0.6) is 11.8 Å². The highest BCUT2D eigenvalue weighted by Gasteiger charge is 2.52. The summed E-state index contributed by atoms with van der Waals surface area (Å²) >= 11 is 0. The molecule has 6 aliphatic rings. The summed E-state index contributed by atoms with van der Waals surface area (Å²) in [7, 11) is 0. The Morgan fingerprint density at radius 1 is 0.594 bits per heavy atom. The molecule has 20 heteroatoms. The second-order valence-corrected chi connectivity index (χ2v) is 18.6. The van der Waals surface area contributed by atoms with Gasteiger partial charge in [-0.05, 0) is 83.8 Å². The minimum Gasteiger partial charge on any atom is -0.469 e. The van der Waals surface area contributed by atoms with E-state index in [0.717, 1.165) is 38.8 Å². The number of anilines is 2. The lowest BCUT2D eigenvalue weighted by Crippen LogP contribution is -2.44. The van der Waals surface area contributed by atoms with Gasteiger partial charge in [0.05, 0.1) is 37.6 Å². The Balaban J connectivity index is 0.000000175. The second kappa shape index (κ2) is 22.1. The molecule has 0 unspecified atom stereocenters. The summed E-state index contributed by atoms with van der Waals surface area (Å²) in [5, 5.41) is 10.1. The lowest BCUT2D eigenvalue weighted by molar-refractivity contribution is -0.0195. The number of fused-ring (bicyclic) bond motifs is 2. The van der Waals surface area contributed by atoms with Crippen LogP contribution in [-0.4, -0.2) is 162 Å². The summed E-state index contributed by atoms with van der Waals surface area (Å²) in [6.45, 7) is 9.92. The summed E-state index contributed by atoms with van der Waals surface area (Å²) in [6, 6.07) is 21.6. The maximum absolute atomic E-state index is 12.5. The normalized spacial score (nSPS) is 26.7. The fourth-order valence-electron chi connectivity index (χ4n) is 8.95. The Labute approximate surface area is 400 Å². The predicted molar refractivity (Wildman–Crippen MR) is 247 cm³/mol. The van der Waals surface area contributed by atoms with Crippen LogP contribution < -0.4 is 25.4 Å². The van der Waals surface area contributed by atoms with Gasteiger partial charge in [-0.15, -0.1) is 0 Å². The van der Waals surface area contributed by atoms with Crippen molar-refractivity contribution in [3.8, 4) is 11.8 Å². The first-order valence-electron chi connectivity index (χ1n) is 23.7. The van der Waals surface area contributed by atoms with Crippen molar-refractivity contribution in [3.05, 3.63) is 96.3 Å². The van der Waals surface area contributed by atoms with Crippen LogP contribution in [-0.2, 0) is 33.2 Å². The number of piperidine rings is 2. The van der Waals surface area contributed by atoms with E-state index in [1.165, 1.54) is 0 Å². The highest BCUT2D eigenvalue weighted by Crippen LogP contribution is 2.33. The molecule has 0 aliphatic carbocycles. The van der Waals surface area contributed by atoms with E-state index in [4.69, 9.17) is 42.6 Å². The van der Waals surface area contributed by atoms with Crippen LogP contribution in [0.1, 0.15) is 67.2 Å². The first-order valence-corrected chi connectivity index (χ1v) is 23.7. The van der Waals surface area contributed by atoms with Crippen molar-refractivity contribution < 1.29 is 57.0 Å². The van der Waals surface area contributed by atoms with E-state index >= 15 is 0 Å². The zero-order valence-corrected chi connectivity index (χ0v) is 39.0. The van der Waals surface area contributed by atoms with Gasteiger partial charge in [0.1, 0.15) is 30.0 Å². The third-order valence-corrected chi connectivity index (χ3v) is 12.4. The molecular weight excluding hydrogens is 893 g/mol. The molecule has 8 heterocycles. The number of amides is 1. The van der Waals surface area contributed by atoms with Crippen LogP contribution in [0.2, 0.25) is 0 Å². The molecule has 20 nitrogen and oxygen atoms in total. The van der Waals surface area contributed by atoms with Gasteiger partial charge in [-0.25, -0.2) is 24.4 Å². The zero-order chi connectivity index (χ0) is 47.7. The van der Waals surface area contributed by atoms with Gasteiger partial charge in [0.15, 0.2) is 24.4 Å². The smallest absolute Gasteiger partial charge is 0.410 e. The topological polar surface area (TPSA) is 225 Å². The standard InChI is InChI=1S/C27H34N4O7.C22H26N4O5/c1-27(2,3)38-26(33)31-13-10-18(11-14-31)29-25-28-12-9-21(30-25)36-19-15-34-23-20(16-35-22(19)23)37-24(32)17-7-5-4-6-8-17;27-21(14-4-2-1-3-5-14)31-17-13-29-19-16(12-28-20(17)19)30-18-8-11-24-22(26-18)25-15-6-9-23-10-7-15/h4-9,12,18-20,22-23H,10-11,13-16H2,1-3H3,(H,28,29,30);1-5,8,11,15-17,19-20,23H,6-7,9-10,12-13H2,(H,24,25,26)/t19-,20-,22+,23+;16-,17-,19+,20+/m00/s1. The molecule has 4 aromatic rings. The van der Waals surface area contributed by atoms with Crippen molar-refractivity contribution in [2.24, 2.45) is 0 Å². The molecule has 69 heavy (non-hydrogen) atoms. The van der Waals surface area contributed by atoms with Crippen molar-refractivity contribution in [2.45, 2.75) is 113 Å². The van der Waals surface area contributed by atoms with Gasteiger partial charge in [-0.1, -0.05) is 36.4 Å². The van der Waals surface area contributed by atoms with Crippen molar-refractivity contribution in [3.63, 3.8) is 0 Å². The van der Waals surface area contributed by atoms with Crippen LogP contribution >= 0.6 is 0 Å². The molecule has 0 bridgehead atoms. The number of ether oxygens (including phenoxy) is 9. The number of hydrogen-bond acceptors (Lipinski definition) is 19. The van der Waals surface area contributed by atoms with E-state index in [1.54, 1.807) is 78.0 Å². The highest BCUT2D eigenvalue weighted by atomic mass is 16.7. The van der Waals surface area contributed by atoms with Crippen molar-refractivity contribution in [2.75, 3.05) is 63.2 Å². The number of esters is 2. The Morgan fingerprint density at radius 2 is 1.01 bits per heavy atom. The van der Waals surface area contributed by atoms with E-state index < -0.39 is 29.9 Å². The van der Waals surface area contributed by atoms with Crippen LogP contribution in [0.3, 0.4) is 0 Å². The minimum absolute atomic E-state index is 0.126. The summed E-state index contributed by atoms with van der Waals surface area (Å²) < 4.78 is 52.4. The number of rotatable bonds is 12. The largest absolute Gasteiger partial charge is 0.469 e. The lowest BCUT2D eigenvalue weighted by Gasteiger charge is -2.33. The van der Waals surface area contributed by atoms with Gasteiger partial charge >= 0.3 is 18.0 Å². The van der Waals surface area contributed by atoms with Crippen LogP contribution in [0.25, 0.3) is 0 Å². The molecule has 6 aliphatic heterocycles. The van der Waals surface area contributed by atoms with Gasteiger partial charge in [-0.2, -0.15) is 9.97 Å². The van der Waals surface area contributed by atoms with Gasteiger partial charge in [0.2, 0.25) is 23.7 Å². The van der Waals surface area contributed by atoms with Crippen LogP contribution in [0.15, 0.2) is 85.2 Å². The Kier molecular flexibility index (Phi) is 15.3. The van der Waals surface area contributed by atoms with Gasteiger partial charge in [0.25, 0.3) is 0 Å². The number of aromatic nitrogens is 4. The highest BCUT2D eigenvalue weighted by molar-refractivity contribution is 5.90. The number of carbonyl (C=O) groups is 3. The van der Waals surface area contributed by atoms with E-state index in [0.29, 0.717) is 67.1 Å². The summed E-state index contributed by atoms with van der Waals surface area (Å²) in [4.78, 5) is 56.5. The fourth-order valence-corrected chi connectivity index (χ4v) is 8.95. The second-order valence-electron chi connectivity index (χ2n) is 18.6. The molecule has 2 aromatic heterocycles. The third kappa shape index (κ3) is 12.5. The average Bonchev–Trinajstić information content (AvgIpc) is 4.15. The van der Waals surface area contributed by atoms with Gasteiger partial charge < -0.3 is 63.5 Å². The molecule has 0 saturated carbocycles. The maximum atomic E-state index is 12.5. The van der Waals surface area contributed by atoms with E-state index in [2.05, 4.69) is 35.9 Å². The number of nitrogens with zero attached hydrogens (tertiary/aromatic N) is 5. The molecule has 8 atom stereocenters. The minimum atomic E-state index is -0.512. The fraction of sp³-hybridized carbons (Fsp3) is 0.531. The number of benzene rings is 2. The zero-order valence-electron chi connectivity index (χ0n) is 39.0. The first-order chi connectivity index (χ1) is 33.5. The number of carbonyl (C=O) groups excluding carboxylic acids is 3. The Bertz CT molecular complexity index is 2330. The molecular formula is C49H60N8O12. The van der Waals surface area contributed by atoms with E-state index in [9.17, 15) is 14.4 Å². The van der Waals surface area contributed by atoms with Crippen molar-refractivity contribution in [1.29, 1.82) is 0 Å². The summed E-state index contributed by atoms with van der Waals surface area (Å²) in [6.07, 6.45) is 3.48. The summed E-state index contributed by atoms with van der Waals surface area (Å²) in [5.74, 6) is 1.09. The van der Waals surface area contributed by atoms with Crippen molar-refractivity contribution in [1.82, 2.24) is 30.2 Å². The number of hydrogen-bond donors (Lipinski definition) is 3. The molecule has 0 radical (unpaired) electrons. The predicted octanol–water partition coefficient (Wildman–Crippen LogP) is 4.47. The molecule has 1 amide bonds. The van der Waals surface area contributed by atoms with Gasteiger partial charge in [0, 0.05) is 49.7 Å². The Morgan fingerprint density at radius 3 is 1.46 bits per heavy atom. The van der Waals surface area contributed by atoms with Crippen LogP contribution in [0, 0.1) is 0 Å². The molecule has 10 rings (SSSR count). The summed E-state index contributed by atoms with van der Waals surface area (Å²) in [5.41, 5.74) is 0.479. The van der Waals surface area contributed by atoms with E-state index in [1.807, 2.05) is 32.9 Å². The molecule has 3 N–H and O–H groups in total. The molecule has 0 spiro atoms. The average molecular weight is 953 g/mol. The molecule has 6 fully saturated rings. The van der Waals surface area contributed by atoms with E-state index in [-0.39, 0.29) is 61.8 Å². The monoisotopic (exact) mass is 952 g/mol. The lowest BCUT2D eigenvalue weighted by atomic mass is 10.1. The number of likely N-dealkylation sites (tertiary alicyclic amines) is 1. The SMILES string of the molecule is CC(C)(C)OC(=O)N1CCC(Nc2nccc(O[C@H]3CO[C@H]4[C@@H]3OC[C@@H]4OC(=O)c3ccccc3)n2)CC1.O=C(O[C@H]1CO[C@H]2[C@@H]1OC[C@@H]2Oc1ccnc(NC2CCNCC2)n1)c1ccccc1. The number of nitrogens with one attached hydrogen (secondary N) is 3. The Hall–Kier alpha value is -6.19. The maximum Gasteiger partial charge on any atom is 0.410 e. The molecule has 6 saturated heterocycles. The van der Waals surface area contributed by atoms with Crippen LogP contribution in [0.4, 0.5) is 16.7 Å². The van der Waals surface area contributed by atoms with Crippen molar-refractivity contribution >= 4 is 29.9 Å². The third-order valence-electron chi connectivity index (χ3n) is 12.4. The molecule has 368 valence electrons. The quantitative estimate of drug-likeness (QED) is 0.132. The molecule has 2 aromatic carbocycles. The van der Waals surface area contributed by atoms with Gasteiger partial charge in [-0.3, -0.25) is 0 Å².